The van der Waals surface area contributed by atoms with E-state index in [1.54, 1.807) is 12.1 Å². The minimum Gasteiger partial charge on any atom is -0.409 e. The van der Waals surface area contributed by atoms with Gasteiger partial charge in [0.25, 0.3) is 0 Å². The van der Waals surface area contributed by atoms with Gasteiger partial charge in [-0.15, -0.1) is 10.2 Å². The van der Waals surface area contributed by atoms with Gasteiger partial charge in [0.1, 0.15) is 0 Å². The van der Waals surface area contributed by atoms with Crippen LogP contribution in [0, 0.1) is 0 Å². The number of amidine groups is 1. The standard InChI is InChI=1S/C11H12ClN5OS2/c1-17(2)10-14-15-11(20-10)19-7-5-3-4-6(12)8(7)9(13)16-18/h3-5,18H,1-2H3,(H2,13,16). The third-order valence-electron chi connectivity index (χ3n) is 2.31. The van der Waals surface area contributed by atoms with Gasteiger partial charge in [-0.2, -0.15) is 0 Å². The van der Waals surface area contributed by atoms with Crippen LogP contribution in [0.25, 0.3) is 0 Å². The zero-order chi connectivity index (χ0) is 14.7. The molecule has 1 aromatic heterocycles. The number of hydrogen-bond donors (Lipinski definition) is 2. The van der Waals surface area contributed by atoms with Crippen LogP contribution in [0.5, 0.6) is 0 Å². The minimum absolute atomic E-state index is 0.0320. The fraction of sp³-hybridized carbons (Fsp3) is 0.182. The fourth-order valence-corrected chi connectivity index (χ4v) is 3.63. The Bertz CT molecular complexity index is 643. The SMILES string of the molecule is CN(C)c1nnc(Sc2cccc(Cl)c2C(N)=NO)s1. The molecule has 0 fully saturated rings. The number of rotatable bonds is 4. The van der Waals surface area contributed by atoms with Gasteiger partial charge in [-0.3, -0.25) is 0 Å². The Morgan fingerprint density at radius 1 is 1.45 bits per heavy atom. The van der Waals surface area contributed by atoms with Gasteiger partial charge in [0.2, 0.25) is 5.13 Å². The smallest absolute Gasteiger partial charge is 0.208 e. The molecule has 0 aliphatic heterocycles. The van der Waals surface area contributed by atoms with E-state index in [9.17, 15) is 0 Å². The Morgan fingerprint density at radius 3 is 2.80 bits per heavy atom. The maximum Gasteiger partial charge on any atom is 0.208 e. The summed E-state index contributed by atoms with van der Waals surface area (Å²) in [6.45, 7) is 0. The monoisotopic (exact) mass is 329 g/mol. The molecular weight excluding hydrogens is 318 g/mol. The fourth-order valence-electron chi connectivity index (χ4n) is 1.41. The van der Waals surface area contributed by atoms with Gasteiger partial charge in [0.05, 0.1) is 10.6 Å². The van der Waals surface area contributed by atoms with Crippen LogP contribution >= 0.6 is 34.7 Å². The van der Waals surface area contributed by atoms with Gasteiger partial charge in [-0.05, 0) is 12.1 Å². The summed E-state index contributed by atoms with van der Waals surface area (Å²) in [5.74, 6) is -0.0320. The lowest BCUT2D eigenvalue weighted by atomic mass is 10.2. The average Bonchev–Trinajstić information content (AvgIpc) is 2.87. The molecule has 0 amide bonds. The summed E-state index contributed by atoms with van der Waals surface area (Å²) in [6.07, 6.45) is 0. The molecule has 0 aliphatic carbocycles. The molecule has 1 heterocycles. The van der Waals surface area contributed by atoms with Crippen molar-refractivity contribution in [2.24, 2.45) is 10.9 Å². The lowest BCUT2D eigenvalue weighted by molar-refractivity contribution is 0.318. The van der Waals surface area contributed by atoms with Gasteiger partial charge >= 0.3 is 0 Å². The van der Waals surface area contributed by atoms with E-state index in [-0.39, 0.29) is 5.84 Å². The predicted molar refractivity (Wildman–Crippen MR) is 82.3 cm³/mol. The molecule has 1 aromatic carbocycles. The summed E-state index contributed by atoms with van der Waals surface area (Å²) < 4.78 is 0.753. The summed E-state index contributed by atoms with van der Waals surface area (Å²) in [6, 6.07) is 5.32. The first-order valence-corrected chi connectivity index (χ1v) is 7.49. The lowest BCUT2D eigenvalue weighted by Gasteiger charge is -2.08. The molecule has 2 aromatic rings. The number of anilines is 1. The van der Waals surface area contributed by atoms with Crippen LogP contribution in [0.15, 0.2) is 32.6 Å². The van der Waals surface area contributed by atoms with Crippen LogP contribution in [-0.4, -0.2) is 35.3 Å². The summed E-state index contributed by atoms with van der Waals surface area (Å²) in [4.78, 5) is 2.64. The second-order valence-corrected chi connectivity index (χ2v) is 6.60. The van der Waals surface area contributed by atoms with Crippen LogP contribution in [-0.2, 0) is 0 Å². The molecule has 0 aliphatic rings. The van der Waals surface area contributed by atoms with Crippen molar-refractivity contribution >= 4 is 45.7 Å². The van der Waals surface area contributed by atoms with Crippen molar-refractivity contribution in [2.45, 2.75) is 9.24 Å². The van der Waals surface area contributed by atoms with E-state index < -0.39 is 0 Å². The number of benzene rings is 1. The predicted octanol–water partition coefficient (Wildman–Crippen LogP) is 2.50. The molecule has 6 nitrogen and oxygen atoms in total. The van der Waals surface area contributed by atoms with Gasteiger partial charge < -0.3 is 15.8 Å². The Balaban J connectivity index is 2.35. The van der Waals surface area contributed by atoms with Crippen molar-refractivity contribution in [3.63, 3.8) is 0 Å². The first kappa shape index (κ1) is 14.9. The maximum atomic E-state index is 8.84. The Kier molecular flexibility index (Phi) is 4.69. The van der Waals surface area contributed by atoms with Crippen molar-refractivity contribution in [3.8, 4) is 0 Å². The lowest BCUT2D eigenvalue weighted by Crippen LogP contribution is -2.14. The quantitative estimate of drug-likeness (QED) is 0.388. The second-order valence-electron chi connectivity index (χ2n) is 3.95. The molecule has 0 spiro atoms. The van der Waals surface area contributed by atoms with E-state index in [0.717, 1.165) is 14.4 Å². The zero-order valence-electron chi connectivity index (χ0n) is 10.7. The number of halogens is 1. The molecule has 9 heteroatoms. The molecule has 3 N–H and O–H groups in total. The molecule has 0 unspecified atom stereocenters. The van der Waals surface area contributed by atoms with E-state index >= 15 is 0 Å². The van der Waals surface area contributed by atoms with Crippen LogP contribution in [0.2, 0.25) is 5.02 Å². The van der Waals surface area contributed by atoms with Crippen LogP contribution in [0.3, 0.4) is 0 Å². The van der Waals surface area contributed by atoms with E-state index in [1.165, 1.54) is 23.1 Å². The number of oxime groups is 1. The molecule has 0 saturated carbocycles. The normalized spacial score (nSPS) is 11.7. The molecule has 2 rings (SSSR count). The van der Waals surface area contributed by atoms with E-state index in [1.807, 2.05) is 25.1 Å². The molecule has 106 valence electrons. The van der Waals surface area contributed by atoms with Crippen LogP contribution in [0.4, 0.5) is 5.13 Å². The number of hydrogen-bond acceptors (Lipinski definition) is 7. The molecule has 20 heavy (non-hydrogen) atoms. The van der Waals surface area contributed by atoms with Gasteiger partial charge in [0, 0.05) is 19.0 Å². The van der Waals surface area contributed by atoms with Crippen molar-refractivity contribution in [3.05, 3.63) is 28.8 Å². The summed E-state index contributed by atoms with van der Waals surface area (Å²) in [5, 5.41) is 21.2. The number of aromatic nitrogens is 2. The van der Waals surface area contributed by atoms with Gasteiger partial charge in [-0.25, -0.2) is 0 Å². The summed E-state index contributed by atoms with van der Waals surface area (Å²) >= 11 is 8.92. The zero-order valence-corrected chi connectivity index (χ0v) is 13.1. The van der Waals surface area contributed by atoms with E-state index in [0.29, 0.717) is 10.6 Å². The highest BCUT2D eigenvalue weighted by Crippen LogP contribution is 2.36. The van der Waals surface area contributed by atoms with Crippen LogP contribution in [0.1, 0.15) is 5.56 Å². The average molecular weight is 330 g/mol. The van der Waals surface area contributed by atoms with Crippen molar-refractivity contribution < 1.29 is 5.21 Å². The topological polar surface area (TPSA) is 87.6 Å². The summed E-state index contributed by atoms with van der Waals surface area (Å²) in [7, 11) is 3.80. The third kappa shape index (κ3) is 3.14. The first-order chi connectivity index (χ1) is 9.52. The molecule has 0 saturated heterocycles. The van der Waals surface area contributed by atoms with Crippen LogP contribution < -0.4 is 10.6 Å². The largest absolute Gasteiger partial charge is 0.409 e. The number of nitrogens with zero attached hydrogens (tertiary/aromatic N) is 4. The highest BCUT2D eigenvalue weighted by atomic mass is 35.5. The van der Waals surface area contributed by atoms with Gasteiger partial charge in [-0.1, -0.05) is 45.9 Å². The molecule has 0 radical (unpaired) electrons. The Hall–Kier alpha value is -1.51. The van der Waals surface area contributed by atoms with E-state index in [2.05, 4.69) is 15.4 Å². The third-order valence-corrected chi connectivity index (χ3v) is 4.83. The second kappa shape index (κ2) is 6.29. The van der Waals surface area contributed by atoms with Crippen molar-refractivity contribution in [1.82, 2.24) is 10.2 Å². The minimum atomic E-state index is -0.0320. The highest BCUT2D eigenvalue weighted by Gasteiger charge is 2.15. The Labute approximate surface area is 129 Å². The Morgan fingerprint density at radius 2 is 2.20 bits per heavy atom. The van der Waals surface area contributed by atoms with Crippen molar-refractivity contribution in [1.29, 1.82) is 0 Å². The highest BCUT2D eigenvalue weighted by molar-refractivity contribution is 8.01. The van der Waals surface area contributed by atoms with E-state index in [4.69, 9.17) is 22.5 Å². The summed E-state index contributed by atoms with van der Waals surface area (Å²) in [5.41, 5.74) is 6.15. The molecular formula is C11H12ClN5OS2. The van der Waals surface area contributed by atoms with Gasteiger partial charge in [0.15, 0.2) is 10.2 Å². The molecule has 0 bridgehead atoms. The maximum absolute atomic E-state index is 8.84. The first-order valence-electron chi connectivity index (χ1n) is 5.48. The number of nitrogens with two attached hydrogens (primary N) is 1. The van der Waals surface area contributed by atoms with Crippen molar-refractivity contribution in [2.75, 3.05) is 19.0 Å². The molecule has 0 atom stereocenters.